The van der Waals surface area contributed by atoms with Crippen molar-refractivity contribution in [1.29, 1.82) is 0 Å². The first-order valence-electron chi connectivity index (χ1n) is 7.38. The standard InChI is InChI=1S/C18H15NO3/c20-17-13-8-4-5-9-14(13)18(21)19(17)15(16-11-22-16)10-12-6-2-1-3-7-12/h1-9,15-16H,10-11H2/t15-,16?/m0/s1. The van der Waals surface area contributed by atoms with E-state index < -0.39 is 0 Å². The van der Waals surface area contributed by atoms with Crippen molar-refractivity contribution >= 4 is 11.8 Å². The van der Waals surface area contributed by atoms with E-state index in [9.17, 15) is 9.59 Å². The third kappa shape index (κ3) is 2.12. The van der Waals surface area contributed by atoms with Gasteiger partial charge in [-0.05, 0) is 24.1 Å². The Hall–Kier alpha value is -2.46. The van der Waals surface area contributed by atoms with Crippen LogP contribution in [-0.2, 0) is 11.2 Å². The molecule has 2 heterocycles. The van der Waals surface area contributed by atoms with Gasteiger partial charge in [-0.15, -0.1) is 0 Å². The van der Waals surface area contributed by atoms with E-state index in [1.54, 1.807) is 24.3 Å². The van der Waals surface area contributed by atoms with Gasteiger partial charge in [-0.2, -0.15) is 0 Å². The van der Waals surface area contributed by atoms with E-state index in [0.29, 0.717) is 24.2 Å². The minimum absolute atomic E-state index is 0.0533. The molecular formula is C18H15NO3. The number of imide groups is 1. The van der Waals surface area contributed by atoms with Gasteiger partial charge in [-0.25, -0.2) is 0 Å². The summed E-state index contributed by atoms with van der Waals surface area (Å²) in [6.45, 7) is 0.602. The molecule has 22 heavy (non-hydrogen) atoms. The molecule has 0 aliphatic carbocycles. The Morgan fingerprint density at radius 2 is 1.50 bits per heavy atom. The maximum absolute atomic E-state index is 12.6. The van der Waals surface area contributed by atoms with E-state index >= 15 is 0 Å². The predicted octanol–water partition coefficient (Wildman–Crippen LogP) is 2.29. The van der Waals surface area contributed by atoms with Gasteiger partial charge >= 0.3 is 0 Å². The lowest BCUT2D eigenvalue weighted by Crippen LogP contribution is -2.44. The highest BCUT2D eigenvalue weighted by atomic mass is 16.6. The van der Waals surface area contributed by atoms with E-state index in [-0.39, 0.29) is 24.0 Å². The summed E-state index contributed by atoms with van der Waals surface area (Å²) in [4.78, 5) is 26.6. The SMILES string of the molecule is O=C1c2ccccc2C(=O)N1[C@@H](Cc1ccccc1)C1CO1. The molecule has 2 aliphatic rings. The van der Waals surface area contributed by atoms with Crippen molar-refractivity contribution in [3.63, 3.8) is 0 Å². The Bertz CT molecular complexity index is 702. The highest BCUT2D eigenvalue weighted by molar-refractivity contribution is 6.21. The molecule has 2 aromatic carbocycles. The molecule has 2 aromatic rings. The zero-order valence-corrected chi connectivity index (χ0v) is 11.9. The minimum Gasteiger partial charge on any atom is -0.371 e. The third-order valence-corrected chi connectivity index (χ3v) is 4.23. The first-order chi connectivity index (χ1) is 10.8. The van der Waals surface area contributed by atoms with Crippen molar-refractivity contribution in [1.82, 2.24) is 4.90 Å². The number of hydrogen-bond acceptors (Lipinski definition) is 3. The number of carbonyl (C=O) groups excluding carboxylic acids is 2. The smallest absolute Gasteiger partial charge is 0.261 e. The fraction of sp³-hybridized carbons (Fsp3) is 0.222. The Balaban J connectivity index is 1.67. The first-order valence-corrected chi connectivity index (χ1v) is 7.38. The second kappa shape index (κ2) is 5.07. The molecule has 4 rings (SSSR count). The van der Waals surface area contributed by atoms with Crippen LogP contribution in [0.25, 0.3) is 0 Å². The Kier molecular flexibility index (Phi) is 3.05. The normalized spacial score (nSPS) is 20.9. The molecule has 0 bridgehead atoms. The van der Waals surface area contributed by atoms with Gasteiger partial charge in [0.15, 0.2) is 0 Å². The molecule has 0 saturated carbocycles. The van der Waals surface area contributed by atoms with E-state index in [4.69, 9.17) is 4.74 Å². The highest BCUT2D eigenvalue weighted by Crippen LogP contribution is 2.31. The van der Waals surface area contributed by atoms with Crippen LogP contribution in [0.1, 0.15) is 26.3 Å². The number of carbonyl (C=O) groups is 2. The third-order valence-electron chi connectivity index (χ3n) is 4.23. The quantitative estimate of drug-likeness (QED) is 0.642. The fourth-order valence-corrected chi connectivity index (χ4v) is 3.03. The van der Waals surface area contributed by atoms with Crippen LogP contribution < -0.4 is 0 Å². The van der Waals surface area contributed by atoms with Crippen molar-refractivity contribution in [2.75, 3.05) is 6.61 Å². The molecule has 0 radical (unpaired) electrons. The molecule has 2 aliphatic heterocycles. The van der Waals surface area contributed by atoms with E-state index in [0.717, 1.165) is 5.56 Å². The molecule has 0 spiro atoms. The number of amides is 2. The number of benzene rings is 2. The molecule has 110 valence electrons. The van der Waals surface area contributed by atoms with Gasteiger partial charge in [-0.3, -0.25) is 14.5 Å². The van der Waals surface area contributed by atoms with Crippen molar-refractivity contribution in [2.45, 2.75) is 18.6 Å². The van der Waals surface area contributed by atoms with Crippen LogP contribution in [-0.4, -0.2) is 35.5 Å². The number of fused-ring (bicyclic) bond motifs is 1. The van der Waals surface area contributed by atoms with Crippen LogP contribution in [0.3, 0.4) is 0 Å². The molecule has 1 unspecified atom stereocenters. The summed E-state index contributed by atoms with van der Waals surface area (Å²) in [5.74, 6) is -0.422. The lowest BCUT2D eigenvalue weighted by atomic mass is 10.0. The van der Waals surface area contributed by atoms with E-state index in [2.05, 4.69) is 0 Å². The van der Waals surface area contributed by atoms with Crippen molar-refractivity contribution in [3.8, 4) is 0 Å². The second-order valence-electron chi connectivity index (χ2n) is 5.65. The predicted molar refractivity (Wildman–Crippen MR) is 80.6 cm³/mol. The van der Waals surface area contributed by atoms with Crippen LogP contribution in [0.15, 0.2) is 54.6 Å². The van der Waals surface area contributed by atoms with Gasteiger partial charge in [0.25, 0.3) is 11.8 Å². The topological polar surface area (TPSA) is 49.9 Å². The van der Waals surface area contributed by atoms with Gasteiger partial charge in [0.1, 0.15) is 6.10 Å². The summed E-state index contributed by atoms with van der Waals surface area (Å²) >= 11 is 0. The summed E-state index contributed by atoms with van der Waals surface area (Å²) in [5, 5.41) is 0. The van der Waals surface area contributed by atoms with Crippen molar-refractivity contribution < 1.29 is 14.3 Å². The highest BCUT2D eigenvalue weighted by Gasteiger charge is 2.46. The van der Waals surface area contributed by atoms with Gasteiger partial charge in [-0.1, -0.05) is 42.5 Å². The van der Waals surface area contributed by atoms with Gasteiger partial charge in [0, 0.05) is 0 Å². The molecule has 1 fully saturated rings. The summed E-state index contributed by atoms with van der Waals surface area (Å²) < 4.78 is 5.40. The second-order valence-corrected chi connectivity index (χ2v) is 5.65. The fourth-order valence-electron chi connectivity index (χ4n) is 3.03. The van der Waals surface area contributed by atoms with Gasteiger partial charge in [0.05, 0.1) is 23.8 Å². The number of ether oxygens (including phenoxy) is 1. The Labute approximate surface area is 128 Å². The molecule has 2 amide bonds. The average Bonchev–Trinajstić information content (AvgIpc) is 3.36. The van der Waals surface area contributed by atoms with E-state index in [1.165, 1.54) is 4.90 Å². The zero-order valence-electron chi connectivity index (χ0n) is 11.9. The van der Waals surface area contributed by atoms with E-state index in [1.807, 2.05) is 30.3 Å². The van der Waals surface area contributed by atoms with Crippen LogP contribution in [0.5, 0.6) is 0 Å². The molecule has 1 saturated heterocycles. The van der Waals surface area contributed by atoms with Crippen LogP contribution >= 0.6 is 0 Å². The lowest BCUT2D eigenvalue weighted by Gasteiger charge is -2.25. The first kappa shape index (κ1) is 13.2. The van der Waals surface area contributed by atoms with Crippen LogP contribution in [0, 0.1) is 0 Å². The average molecular weight is 293 g/mol. The monoisotopic (exact) mass is 293 g/mol. The molecule has 0 aromatic heterocycles. The molecule has 2 atom stereocenters. The van der Waals surface area contributed by atoms with Crippen LogP contribution in [0.2, 0.25) is 0 Å². The summed E-state index contributed by atoms with van der Waals surface area (Å²) in [6, 6.07) is 16.6. The summed E-state index contributed by atoms with van der Waals surface area (Å²) in [7, 11) is 0. The number of rotatable bonds is 4. The van der Waals surface area contributed by atoms with Crippen molar-refractivity contribution in [2.24, 2.45) is 0 Å². The number of epoxide rings is 1. The largest absolute Gasteiger partial charge is 0.371 e. The maximum atomic E-state index is 12.6. The maximum Gasteiger partial charge on any atom is 0.261 e. The molecule has 0 N–H and O–H groups in total. The molecule has 4 nitrogen and oxygen atoms in total. The molecular weight excluding hydrogens is 278 g/mol. The minimum atomic E-state index is -0.241. The molecule has 4 heteroatoms. The zero-order chi connectivity index (χ0) is 15.1. The number of nitrogens with zero attached hydrogens (tertiary/aromatic N) is 1. The lowest BCUT2D eigenvalue weighted by molar-refractivity contribution is 0.0555. The Morgan fingerprint density at radius 1 is 0.955 bits per heavy atom. The summed E-state index contributed by atoms with van der Waals surface area (Å²) in [5.41, 5.74) is 2.08. The van der Waals surface area contributed by atoms with Gasteiger partial charge in [0.2, 0.25) is 0 Å². The Morgan fingerprint density at radius 3 is 2.05 bits per heavy atom. The number of hydrogen-bond donors (Lipinski definition) is 0. The van der Waals surface area contributed by atoms with Crippen LogP contribution in [0.4, 0.5) is 0 Å². The summed E-state index contributed by atoms with van der Waals surface area (Å²) in [6.07, 6.45) is 0.569. The van der Waals surface area contributed by atoms with Gasteiger partial charge < -0.3 is 4.74 Å². The van der Waals surface area contributed by atoms with Crippen molar-refractivity contribution in [3.05, 3.63) is 71.3 Å².